The van der Waals surface area contributed by atoms with Gasteiger partial charge in [0.2, 0.25) is 5.88 Å². The van der Waals surface area contributed by atoms with Gasteiger partial charge in [0.25, 0.3) is 5.82 Å². The predicted octanol–water partition coefficient (Wildman–Crippen LogP) is 5.72. The minimum atomic E-state index is -4.82. The van der Waals surface area contributed by atoms with Gasteiger partial charge in [-0.25, -0.2) is 9.13 Å². The van der Waals surface area contributed by atoms with Crippen LogP contribution in [-0.2, 0) is 35.4 Å². The fourth-order valence-corrected chi connectivity index (χ4v) is 5.12. The highest BCUT2D eigenvalue weighted by Crippen LogP contribution is 2.45. The van der Waals surface area contributed by atoms with Crippen LogP contribution in [0.4, 0.5) is 50.9 Å². The molecule has 0 bridgehead atoms. The lowest BCUT2D eigenvalue weighted by molar-refractivity contribution is -0.647. The summed E-state index contributed by atoms with van der Waals surface area (Å²) in [6.45, 7) is -1.64. The van der Waals surface area contributed by atoms with Gasteiger partial charge >= 0.3 is 28.6 Å². The first-order valence-electron chi connectivity index (χ1n) is 11.4. The van der Waals surface area contributed by atoms with Crippen molar-refractivity contribution in [2.75, 3.05) is 23.4 Å². The summed E-state index contributed by atoms with van der Waals surface area (Å²) in [5.41, 5.74) is -2.64. The maximum absolute atomic E-state index is 13.4. The van der Waals surface area contributed by atoms with Crippen LogP contribution in [-0.4, -0.2) is 37.3 Å². The first kappa shape index (κ1) is 30.2. The molecule has 3 aromatic rings. The monoisotopic (exact) mass is 615 g/mol. The lowest BCUT2D eigenvalue weighted by atomic mass is 10.1. The average Bonchev–Trinajstić information content (AvgIpc) is 3.21. The molecule has 1 aliphatic rings. The molecule has 0 spiro atoms. The lowest BCUT2D eigenvalue weighted by Gasteiger charge is -2.24. The van der Waals surface area contributed by atoms with E-state index < -0.39 is 52.2 Å². The van der Waals surface area contributed by atoms with E-state index in [1.54, 1.807) is 0 Å². The first-order valence-corrected chi connectivity index (χ1v) is 13.0. The van der Waals surface area contributed by atoms with E-state index in [9.17, 15) is 52.5 Å². The molecule has 4 rings (SSSR count). The highest BCUT2D eigenvalue weighted by molar-refractivity contribution is 7.84. The predicted molar refractivity (Wildman–Crippen MR) is 130 cm³/mol. The van der Waals surface area contributed by atoms with Crippen molar-refractivity contribution < 1.29 is 57.1 Å². The van der Waals surface area contributed by atoms with Crippen molar-refractivity contribution in [3.63, 3.8) is 0 Å². The van der Waals surface area contributed by atoms with Crippen molar-refractivity contribution in [1.29, 1.82) is 0 Å². The molecule has 2 heterocycles. The summed E-state index contributed by atoms with van der Waals surface area (Å²) in [5.74, 6) is -1.39. The highest BCUT2D eigenvalue weighted by Gasteiger charge is 2.40. The molecular formula is C24H20F9N4O3S+. The van der Waals surface area contributed by atoms with E-state index in [1.165, 1.54) is 29.6 Å². The summed E-state index contributed by atoms with van der Waals surface area (Å²) < 4.78 is 155. The smallest absolute Gasteiger partial charge is 0.329 e. The summed E-state index contributed by atoms with van der Waals surface area (Å²) in [5, 5.41) is 0. The molecule has 0 aliphatic carbocycles. The number of aryl methyl sites for hydroxylation is 1. The molecule has 1 N–H and O–H groups in total. The molecular weight excluding hydrogens is 595 g/mol. The second-order valence-corrected chi connectivity index (χ2v) is 10.5. The van der Waals surface area contributed by atoms with Gasteiger partial charge in [-0.3, -0.25) is 4.55 Å². The van der Waals surface area contributed by atoms with E-state index in [0.29, 0.717) is 17.0 Å². The van der Waals surface area contributed by atoms with Gasteiger partial charge in [0.1, 0.15) is 12.4 Å². The molecule has 0 radical (unpaired) electrons. The molecule has 0 saturated heterocycles. The number of benzene rings is 2. The number of hydrogen-bond donors (Lipinski definition) is 1. The maximum atomic E-state index is 13.4. The molecule has 0 atom stereocenters. The molecule has 2 aromatic carbocycles. The van der Waals surface area contributed by atoms with Crippen LogP contribution in [0, 0.1) is 0 Å². The van der Waals surface area contributed by atoms with Crippen molar-refractivity contribution in [3.8, 4) is 0 Å². The van der Waals surface area contributed by atoms with Gasteiger partial charge in [0.05, 0.1) is 29.5 Å². The zero-order valence-corrected chi connectivity index (χ0v) is 21.8. The fraction of sp³-hybridized carbons (Fsp3) is 0.292. The average molecular weight is 615 g/mol. The Morgan fingerprint density at radius 1 is 0.902 bits per heavy atom. The zero-order valence-electron chi connectivity index (χ0n) is 21.0. The molecule has 1 aromatic heterocycles. The molecule has 17 heteroatoms. The quantitative estimate of drug-likeness (QED) is 0.226. The molecule has 0 fully saturated rings. The lowest BCUT2D eigenvalue weighted by Crippen LogP contribution is -2.34. The standard InChI is InChI=1S/C24H19F9N4O3S/c1-34-16-8-6-14(23(28,29)30)10-18(16)36(12-22(25,26)27)20(34)4-3-5-21-35(2)17-9-7-15(24(31,32)33)11-19(17)37(21)13-41(38,39)40/h3-11H,12-13H2,1-2H3/p+1. The second-order valence-electron chi connectivity index (χ2n) is 9.10. The third-order valence-corrected chi connectivity index (χ3v) is 6.85. The van der Waals surface area contributed by atoms with Gasteiger partial charge in [-0.2, -0.15) is 47.9 Å². The molecule has 1 aliphatic heterocycles. The van der Waals surface area contributed by atoms with Gasteiger partial charge in [0, 0.05) is 19.2 Å². The van der Waals surface area contributed by atoms with E-state index in [4.69, 9.17) is 0 Å². The largest absolute Gasteiger partial charge is 0.416 e. The minimum absolute atomic E-state index is 0.0487. The van der Waals surface area contributed by atoms with E-state index in [1.807, 2.05) is 0 Å². The van der Waals surface area contributed by atoms with Crippen molar-refractivity contribution in [1.82, 2.24) is 4.57 Å². The number of imidazole rings is 1. The number of allylic oxidation sites excluding steroid dienone is 2. The normalized spacial score (nSPS) is 16.0. The third kappa shape index (κ3) is 6.29. The van der Waals surface area contributed by atoms with Gasteiger partial charge in [-0.1, -0.05) is 6.08 Å². The molecule has 0 amide bonds. The van der Waals surface area contributed by atoms with Crippen molar-refractivity contribution in [3.05, 3.63) is 71.3 Å². The summed E-state index contributed by atoms with van der Waals surface area (Å²) in [7, 11) is -2.06. The van der Waals surface area contributed by atoms with Crippen molar-refractivity contribution in [2.24, 2.45) is 7.05 Å². The van der Waals surface area contributed by atoms with Crippen LogP contribution >= 0.6 is 0 Å². The van der Waals surface area contributed by atoms with E-state index in [2.05, 4.69) is 0 Å². The topological polar surface area (TPSA) is 69.7 Å². The molecule has 0 unspecified atom stereocenters. The van der Waals surface area contributed by atoms with Crippen LogP contribution in [0.3, 0.4) is 0 Å². The Labute approximate surface area is 226 Å². The summed E-state index contributed by atoms with van der Waals surface area (Å²) in [4.78, 5) is 1.84. The number of aromatic nitrogens is 2. The van der Waals surface area contributed by atoms with Crippen molar-refractivity contribution >= 4 is 38.6 Å². The van der Waals surface area contributed by atoms with Crippen LogP contribution in [0.15, 0.2) is 54.4 Å². The number of hydrogen-bond acceptors (Lipinski definition) is 4. The van der Waals surface area contributed by atoms with Crippen LogP contribution in [0.5, 0.6) is 0 Å². The van der Waals surface area contributed by atoms with E-state index in [-0.39, 0.29) is 34.1 Å². The van der Waals surface area contributed by atoms with Crippen LogP contribution < -0.4 is 14.4 Å². The second kappa shape index (κ2) is 9.97. The summed E-state index contributed by atoms with van der Waals surface area (Å²) in [6.07, 6.45) is -10.9. The highest BCUT2D eigenvalue weighted by atomic mass is 32.2. The van der Waals surface area contributed by atoms with E-state index in [0.717, 1.165) is 41.0 Å². The Bertz CT molecular complexity index is 1670. The van der Waals surface area contributed by atoms with Gasteiger partial charge < -0.3 is 9.80 Å². The number of halogens is 9. The Balaban J connectivity index is 1.84. The number of nitrogens with zero attached hydrogens (tertiary/aromatic N) is 4. The Hall–Kier alpha value is -3.73. The Kier molecular flexibility index (Phi) is 7.35. The number of fused-ring (bicyclic) bond motifs is 2. The number of alkyl halides is 9. The first-order chi connectivity index (χ1) is 18.7. The molecule has 222 valence electrons. The van der Waals surface area contributed by atoms with Gasteiger partial charge in [-0.05, 0) is 36.4 Å². The maximum Gasteiger partial charge on any atom is 0.416 e. The zero-order chi connectivity index (χ0) is 30.7. The summed E-state index contributed by atoms with van der Waals surface area (Å²) >= 11 is 0. The Morgan fingerprint density at radius 3 is 2.05 bits per heavy atom. The summed E-state index contributed by atoms with van der Waals surface area (Å²) in [6, 6.07) is 4.87. The number of anilines is 2. The minimum Gasteiger partial charge on any atom is -0.329 e. The number of rotatable bonds is 5. The van der Waals surface area contributed by atoms with Crippen molar-refractivity contribution in [2.45, 2.75) is 24.4 Å². The third-order valence-electron chi connectivity index (χ3n) is 6.27. The molecule has 0 saturated carbocycles. The van der Waals surface area contributed by atoms with Crippen LogP contribution in [0.25, 0.3) is 17.1 Å². The molecule has 7 nitrogen and oxygen atoms in total. The van der Waals surface area contributed by atoms with E-state index >= 15 is 0 Å². The fourth-order valence-electron chi connectivity index (χ4n) is 4.52. The van der Waals surface area contributed by atoms with Crippen LogP contribution in [0.1, 0.15) is 17.0 Å². The van der Waals surface area contributed by atoms with Crippen LogP contribution in [0.2, 0.25) is 0 Å². The van der Waals surface area contributed by atoms with Gasteiger partial charge in [0.15, 0.2) is 11.0 Å². The SMILES string of the molecule is CN1/C(=C\C=C\c2n(CS(=O)(=O)O)c3cc(C(F)(F)F)ccc3[n+]2C)N(CC(F)(F)F)c2cc(C(F)(F)F)ccc21. The Morgan fingerprint density at radius 2 is 1.49 bits per heavy atom. The molecule has 41 heavy (non-hydrogen) atoms. The van der Waals surface area contributed by atoms with Gasteiger partial charge in [-0.15, -0.1) is 0 Å².